The van der Waals surface area contributed by atoms with Gasteiger partial charge in [0.2, 0.25) is 0 Å². The Morgan fingerprint density at radius 3 is 1.81 bits per heavy atom. The highest BCUT2D eigenvalue weighted by molar-refractivity contribution is 4.73. The van der Waals surface area contributed by atoms with E-state index in [2.05, 4.69) is 51.3 Å². The average Bonchev–Trinajstić information content (AvgIpc) is 2.41. The number of piperazine rings is 1. The first-order valence-electron chi connectivity index (χ1n) is 9.22. The van der Waals surface area contributed by atoms with E-state index in [0.717, 1.165) is 11.8 Å². The van der Waals surface area contributed by atoms with Crippen molar-refractivity contribution in [2.45, 2.75) is 67.2 Å². The molecular weight excluding hydrogens is 256 g/mol. The first-order chi connectivity index (χ1) is 9.78. The summed E-state index contributed by atoms with van der Waals surface area (Å²) >= 11 is 0. The van der Waals surface area contributed by atoms with Crippen LogP contribution in [0.4, 0.5) is 0 Å². The Balaban J connectivity index is 2.07. The molecule has 0 aromatic heterocycles. The molecule has 2 heteroatoms. The zero-order valence-electron chi connectivity index (χ0n) is 15.6. The minimum absolute atomic E-state index is 0.506. The van der Waals surface area contributed by atoms with Crippen LogP contribution in [0, 0.1) is 17.3 Å². The van der Waals surface area contributed by atoms with Crippen molar-refractivity contribution in [2.24, 2.45) is 17.3 Å². The Hall–Kier alpha value is -0.0800. The van der Waals surface area contributed by atoms with Gasteiger partial charge in [-0.1, -0.05) is 48.0 Å². The predicted octanol–water partition coefficient (Wildman–Crippen LogP) is 4.50. The second kappa shape index (κ2) is 9.15. The maximum absolute atomic E-state index is 2.67. The third-order valence-corrected chi connectivity index (χ3v) is 5.15. The number of unbranched alkanes of at least 4 members (excludes halogenated alkanes) is 1. The van der Waals surface area contributed by atoms with Crippen LogP contribution in [0.1, 0.15) is 67.2 Å². The lowest BCUT2D eigenvalue weighted by molar-refractivity contribution is 0.122. The maximum Gasteiger partial charge on any atom is 0.0110 e. The van der Waals surface area contributed by atoms with E-state index in [1.807, 2.05) is 0 Å². The summed E-state index contributed by atoms with van der Waals surface area (Å²) in [7, 11) is 0. The summed E-state index contributed by atoms with van der Waals surface area (Å²) in [5.74, 6) is 1.69. The van der Waals surface area contributed by atoms with E-state index < -0.39 is 0 Å². The quantitative estimate of drug-likeness (QED) is 0.608. The molecule has 0 aromatic carbocycles. The summed E-state index contributed by atoms with van der Waals surface area (Å²) in [5, 5.41) is 0. The van der Waals surface area contributed by atoms with Crippen molar-refractivity contribution in [3.8, 4) is 0 Å². The molecule has 1 fully saturated rings. The first-order valence-corrected chi connectivity index (χ1v) is 9.22. The van der Waals surface area contributed by atoms with Crippen molar-refractivity contribution in [1.82, 2.24) is 9.80 Å². The third kappa shape index (κ3) is 8.83. The van der Waals surface area contributed by atoms with Gasteiger partial charge in [0.15, 0.2) is 0 Å². The van der Waals surface area contributed by atoms with E-state index in [4.69, 9.17) is 0 Å². The van der Waals surface area contributed by atoms with Crippen molar-refractivity contribution in [3.63, 3.8) is 0 Å². The molecule has 1 saturated heterocycles. The molecular formula is C19H40N2. The van der Waals surface area contributed by atoms with Gasteiger partial charge in [-0.25, -0.2) is 0 Å². The summed E-state index contributed by atoms with van der Waals surface area (Å²) in [6.45, 7) is 21.9. The summed E-state index contributed by atoms with van der Waals surface area (Å²) < 4.78 is 0. The van der Waals surface area contributed by atoms with Crippen LogP contribution in [0.2, 0.25) is 0 Å². The van der Waals surface area contributed by atoms with Crippen LogP contribution in [0.25, 0.3) is 0 Å². The molecule has 1 rings (SSSR count). The number of hydrogen-bond donors (Lipinski definition) is 0. The molecule has 0 unspecified atom stereocenters. The van der Waals surface area contributed by atoms with Crippen LogP contribution in [-0.2, 0) is 0 Å². The minimum Gasteiger partial charge on any atom is -0.301 e. The Morgan fingerprint density at radius 2 is 1.33 bits per heavy atom. The normalized spacial score (nSPS) is 20.1. The molecule has 0 amide bonds. The average molecular weight is 297 g/mol. The number of rotatable bonds is 8. The van der Waals surface area contributed by atoms with E-state index in [0.29, 0.717) is 5.41 Å². The molecule has 2 nitrogen and oxygen atoms in total. The van der Waals surface area contributed by atoms with E-state index in [1.165, 1.54) is 65.0 Å². The summed E-state index contributed by atoms with van der Waals surface area (Å²) in [4.78, 5) is 5.34. The monoisotopic (exact) mass is 296 g/mol. The van der Waals surface area contributed by atoms with E-state index in [-0.39, 0.29) is 0 Å². The zero-order valence-corrected chi connectivity index (χ0v) is 15.6. The van der Waals surface area contributed by atoms with Gasteiger partial charge in [0.25, 0.3) is 0 Å². The molecule has 0 radical (unpaired) electrons. The van der Waals surface area contributed by atoms with Crippen molar-refractivity contribution in [2.75, 3.05) is 39.3 Å². The summed E-state index contributed by atoms with van der Waals surface area (Å²) in [6, 6.07) is 0. The molecule has 0 saturated carbocycles. The van der Waals surface area contributed by atoms with Crippen LogP contribution in [0.5, 0.6) is 0 Å². The van der Waals surface area contributed by atoms with Crippen LogP contribution >= 0.6 is 0 Å². The molecule has 0 bridgehead atoms. The lowest BCUT2D eigenvalue weighted by atomic mass is 9.90. The van der Waals surface area contributed by atoms with Gasteiger partial charge < -0.3 is 9.80 Å². The topological polar surface area (TPSA) is 6.48 Å². The van der Waals surface area contributed by atoms with E-state index in [1.54, 1.807) is 0 Å². The Morgan fingerprint density at radius 1 is 0.810 bits per heavy atom. The van der Waals surface area contributed by atoms with Gasteiger partial charge in [0, 0.05) is 26.2 Å². The lowest BCUT2D eigenvalue weighted by Crippen LogP contribution is -2.47. The van der Waals surface area contributed by atoms with Crippen LogP contribution in [0.15, 0.2) is 0 Å². The number of nitrogens with zero attached hydrogens (tertiary/aromatic N) is 2. The fraction of sp³-hybridized carbons (Fsp3) is 1.00. The van der Waals surface area contributed by atoms with Gasteiger partial charge >= 0.3 is 0 Å². The lowest BCUT2D eigenvalue weighted by Gasteiger charge is -2.35. The summed E-state index contributed by atoms with van der Waals surface area (Å²) in [5.41, 5.74) is 0.506. The predicted molar refractivity (Wildman–Crippen MR) is 94.8 cm³/mol. The Kier molecular flexibility index (Phi) is 8.26. The highest BCUT2D eigenvalue weighted by Gasteiger charge is 2.18. The van der Waals surface area contributed by atoms with Gasteiger partial charge in [-0.2, -0.15) is 0 Å². The minimum atomic E-state index is 0.506. The number of hydrogen-bond acceptors (Lipinski definition) is 2. The van der Waals surface area contributed by atoms with E-state index >= 15 is 0 Å². The largest absolute Gasteiger partial charge is 0.301 e. The molecule has 0 spiro atoms. The fourth-order valence-electron chi connectivity index (χ4n) is 2.95. The van der Waals surface area contributed by atoms with E-state index in [9.17, 15) is 0 Å². The maximum atomic E-state index is 2.67. The van der Waals surface area contributed by atoms with Crippen molar-refractivity contribution in [1.29, 1.82) is 0 Å². The first kappa shape index (κ1) is 19.0. The van der Waals surface area contributed by atoms with Crippen molar-refractivity contribution < 1.29 is 0 Å². The molecule has 21 heavy (non-hydrogen) atoms. The van der Waals surface area contributed by atoms with Crippen molar-refractivity contribution >= 4 is 0 Å². The fourth-order valence-corrected chi connectivity index (χ4v) is 2.95. The molecule has 0 aromatic rings. The molecule has 1 atom stereocenters. The van der Waals surface area contributed by atoms with Crippen molar-refractivity contribution in [3.05, 3.63) is 0 Å². The van der Waals surface area contributed by atoms with Gasteiger partial charge in [-0.05, 0) is 49.6 Å². The van der Waals surface area contributed by atoms with Gasteiger partial charge in [-0.15, -0.1) is 0 Å². The summed E-state index contributed by atoms with van der Waals surface area (Å²) in [6.07, 6.45) is 5.49. The van der Waals surface area contributed by atoms with Crippen LogP contribution < -0.4 is 0 Å². The highest BCUT2D eigenvalue weighted by atomic mass is 15.3. The second-order valence-electron chi connectivity index (χ2n) is 8.71. The van der Waals surface area contributed by atoms with Gasteiger partial charge in [0.05, 0.1) is 0 Å². The molecule has 126 valence electrons. The zero-order chi connectivity index (χ0) is 15.9. The Bertz CT molecular complexity index is 259. The molecule has 1 aliphatic heterocycles. The molecule has 0 aliphatic carbocycles. The SMILES string of the molecule is CC(C)[C@H](C)CCN1CCN(CCCCC(C)(C)C)CC1. The third-order valence-electron chi connectivity index (χ3n) is 5.15. The van der Waals surface area contributed by atoms with Crippen LogP contribution in [0.3, 0.4) is 0 Å². The molecule has 0 N–H and O–H groups in total. The highest BCUT2D eigenvalue weighted by Crippen LogP contribution is 2.21. The smallest absolute Gasteiger partial charge is 0.0110 e. The molecule has 1 aliphatic rings. The second-order valence-corrected chi connectivity index (χ2v) is 8.71. The molecule has 1 heterocycles. The standard InChI is InChI=1S/C19H40N2/c1-17(2)18(3)9-12-21-15-13-20(14-16-21)11-8-7-10-19(4,5)6/h17-18H,7-16H2,1-6H3/t18-/m1/s1. The van der Waals surface area contributed by atoms with Gasteiger partial charge in [-0.3, -0.25) is 0 Å². The Labute approximate surface area is 134 Å². The van der Waals surface area contributed by atoms with Gasteiger partial charge in [0.1, 0.15) is 0 Å². The van der Waals surface area contributed by atoms with Crippen LogP contribution in [-0.4, -0.2) is 49.1 Å².